The van der Waals surface area contributed by atoms with Crippen LogP contribution in [0.5, 0.6) is 0 Å². The largest absolute Gasteiger partial charge is 0.458 e. The van der Waals surface area contributed by atoms with Crippen molar-refractivity contribution < 1.29 is 19.1 Å². The first-order chi connectivity index (χ1) is 14.7. The van der Waals surface area contributed by atoms with Gasteiger partial charge in [0.2, 0.25) is 6.61 Å². The minimum absolute atomic E-state index is 0.220. The molecule has 0 N–H and O–H groups in total. The molecular weight excluding hydrogens is 400 g/mol. The van der Waals surface area contributed by atoms with Gasteiger partial charge < -0.3 is 19.2 Å². The van der Waals surface area contributed by atoms with Gasteiger partial charge in [-0.15, -0.1) is 0 Å². The van der Waals surface area contributed by atoms with Gasteiger partial charge in [0.05, 0.1) is 13.2 Å². The van der Waals surface area contributed by atoms with Gasteiger partial charge in [0.15, 0.2) is 5.84 Å². The number of rotatable bonds is 8. The molecule has 0 atom stereocenters. The van der Waals surface area contributed by atoms with Gasteiger partial charge in [0.25, 0.3) is 0 Å². The first-order valence-electron chi connectivity index (χ1n) is 10.2. The van der Waals surface area contributed by atoms with Crippen molar-refractivity contribution in [3.63, 3.8) is 0 Å². The maximum absolute atomic E-state index is 12.1. The second-order valence-electron chi connectivity index (χ2n) is 6.97. The molecule has 0 saturated carbocycles. The van der Waals surface area contributed by atoms with Crippen LogP contribution < -0.4 is 0 Å². The van der Waals surface area contributed by atoms with E-state index in [9.17, 15) is 4.79 Å². The lowest BCUT2D eigenvalue weighted by atomic mass is 10.1. The van der Waals surface area contributed by atoms with Crippen LogP contribution in [0.1, 0.15) is 29.2 Å². The number of benzene rings is 2. The Morgan fingerprint density at radius 1 is 1.03 bits per heavy atom. The van der Waals surface area contributed by atoms with Gasteiger partial charge in [-0.25, -0.2) is 4.79 Å². The number of oxime groups is 1. The first-order valence-corrected chi connectivity index (χ1v) is 10.8. The van der Waals surface area contributed by atoms with Gasteiger partial charge in [0.1, 0.15) is 6.61 Å². The lowest BCUT2D eigenvalue weighted by molar-refractivity contribution is -0.150. The van der Waals surface area contributed by atoms with Crippen molar-refractivity contribution in [1.29, 1.82) is 0 Å². The van der Waals surface area contributed by atoms with Gasteiger partial charge in [-0.3, -0.25) is 0 Å². The summed E-state index contributed by atoms with van der Waals surface area (Å²) >= 11 is 4.30. The molecule has 0 amide bonds. The number of hydrogen-bond donors (Lipinski definition) is 1. The van der Waals surface area contributed by atoms with Gasteiger partial charge in [-0.2, -0.15) is 12.6 Å². The highest BCUT2D eigenvalue weighted by Gasteiger charge is 2.18. The lowest BCUT2D eigenvalue weighted by Crippen LogP contribution is -2.41. The van der Waals surface area contributed by atoms with E-state index in [0.717, 1.165) is 23.1 Å². The van der Waals surface area contributed by atoms with E-state index in [0.29, 0.717) is 37.9 Å². The van der Waals surface area contributed by atoms with Crippen LogP contribution in [0, 0.1) is 0 Å². The summed E-state index contributed by atoms with van der Waals surface area (Å²) in [4.78, 5) is 19.5. The molecular formula is C23H28N2O4S. The summed E-state index contributed by atoms with van der Waals surface area (Å²) in [5.41, 5.74) is 4.25. The Morgan fingerprint density at radius 3 is 2.30 bits per heavy atom. The van der Waals surface area contributed by atoms with Crippen LogP contribution in [0.25, 0.3) is 0 Å². The van der Waals surface area contributed by atoms with Gasteiger partial charge >= 0.3 is 5.97 Å². The number of aryl methyl sites for hydroxylation is 1. The number of hydrogen-bond acceptors (Lipinski definition) is 6. The van der Waals surface area contributed by atoms with E-state index in [4.69, 9.17) is 14.3 Å². The third-order valence-electron chi connectivity index (χ3n) is 4.87. The quantitative estimate of drug-likeness (QED) is 0.230. The van der Waals surface area contributed by atoms with Crippen LogP contribution in [-0.2, 0) is 37.9 Å². The average Bonchev–Trinajstić information content (AvgIpc) is 2.81. The Hall–Kier alpha value is -2.51. The molecule has 6 nitrogen and oxygen atoms in total. The fourth-order valence-corrected chi connectivity index (χ4v) is 3.26. The fraction of sp³-hybridized carbons (Fsp3) is 0.391. The number of morpholine rings is 1. The van der Waals surface area contributed by atoms with Crippen LogP contribution >= 0.6 is 12.6 Å². The molecule has 0 aromatic heterocycles. The van der Waals surface area contributed by atoms with Crippen molar-refractivity contribution in [1.82, 2.24) is 4.90 Å². The Bertz CT molecular complexity index is 831. The maximum Gasteiger partial charge on any atom is 0.347 e. The van der Waals surface area contributed by atoms with Crippen LogP contribution in [0.2, 0.25) is 0 Å². The monoisotopic (exact) mass is 428 g/mol. The Kier molecular flexibility index (Phi) is 8.59. The van der Waals surface area contributed by atoms with Crippen molar-refractivity contribution in [3.05, 3.63) is 70.8 Å². The van der Waals surface area contributed by atoms with Crippen LogP contribution in [0.15, 0.2) is 53.7 Å². The second kappa shape index (κ2) is 11.6. The SMILES string of the molecule is CCc1ccc(COC(=O)CO/N=C(/c2ccc(CS)cc2)N2CCOCC2)cc1. The van der Waals surface area contributed by atoms with Crippen LogP contribution in [0.3, 0.4) is 0 Å². The predicted octanol–water partition coefficient (Wildman–Crippen LogP) is 3.43. The van der Waals surface area contributed by atoms with E-state index in [1.165, 1.54) is 5.56 Å². The molecule has 3 rings (SSSR count). The summed E-state index contributed by atoms with van der Waals surface area (Å²) in [6.07, 6.45) is 0.981. The third kappa shape index (κ3) is 6.50. The molecule has 0 aliphatic carbocycles. The minimum atomic E-state index is -0.454. The number of thiol groups is 1. The molecule has 1 fully saturated rings. The van der Waals surface area contributed by atoms with Crippen molar-refractivity contribution >= 4 is 24.4 Å². The van der Waals surface area contributed by atoms with Crippen molar-refractivity contribution in [2.24, 2.45) is 5.16 Å². The highest BCUT2D eigenvalue weighted by Crippen LogP contribution is 2.12. The zero-order valence-electron chi connectivity index (χ0n) is 17.3. The zero-order chi connectivity index (χ0) is 21.2. The molecule has 2 aromatic rings. The topological polar surface area (TPSA) is 60.4 Å². The fourth-order valence-electron chi connectivity index (χ4n) is 3.05. The molecule has 0 radical (unpaired) electrons. The zero-order valence-corrected chi connectivity index (χ0v) is 18.1. The van der Waals surface area contributed by atoms with Crippen LogP contribution in [-0.4, -0.2) is 49.6 Å². The maximum atomic E-state index is 12.1. The van der Waals surface area contributed by atoms with Crippen molar-refractivity contribution in [2.45, 2.75) is 25.7 Å². The summed E-state index contributed by atoms with van der Waals surface area (Å²) in [5, 5.41) is 4.26. The Labute approximate surface area is 183 Å². The summed E-state index contributed by atoms with van der Waals surface area (Å²) in [7, 11) is 0. The third-order valence-corrected chi connectivity index (χ3v) is 5.23. The Balaban J connectivity index is 1.57. The predicted molar refractivity (Wildman–Crippen MR) is 120 cm³/mol. The van der Waals surface area contributed by atoms with E-state index in [1.54, 1.807) is 0 Å². The molecule has 7 heteroatoms. The normalized spacial score (nSPS) is 14.5. The number of amidine groups is 1. The minimum Gasteiger partial charge on any atom is -0.458 e. The molecule has 0 bridgehead atoms. The number of nitrogens with zero attached hydrogens (tertiary/aromatic N) is 2. The standard InChI is InChI=1S/C23H28N2O4S/c1-2-18-3-5-19(6-4-18)15-28-22(26)16-29-24-23(25-11-13-27-14-12-25)21-9-7-20(17-30)8-10-21/h3-10,30H,2,11-17H2,1H3/b24-23-. The summed E-state index contributed by atoms with van der Waals surface area (Å²) < 4.78 is 10.7. The smallest absolute Gasteiger partial charge is 0.347 e. The number of carbonyl (C=O) groups is 1. The molecule has 1 saturated heterocycles. The molecule has 1 aliphatic heterocycles. The number of carbonyl (C=O) groups excluding carboxylic acids is 1. The summed E-state index contributed by atoms with van der Waals surface area (Å²) in [6.45, 7) is 4.78. The first kappa shape index (κ1) is 22.2. The molecule has 0 unspecified atom stereocenters. The molecule has 30 heavy (non-hydrogen) atoms. The number of ether oxygens (including phenoxy) is 2. The summed E-state index contributed by atoms with van der Waals surface area (Å²) in [6, 6.07) is 16.0. The van der Waals surface area contributed by atoms with Gasteiger partial charge in [-0.1, -0.05) is 60.6 Å². The molecule has 1 aliphatic rings. The van der Waals surface area contributed by atoms with Crippen molar-refractivity contribution in [3.8, 4) is 0 Å². The van der Waals surface area contributed by atoms with E-state index < -0.39 is 5.97 Å². The molecule has 0 spiro atoms. The average molecular weight is 429 g/mol. The van der Waals surface area contributed by atoms with E-state index in [-0.39, 0.29) is 13.2 Å². The Morgan fingerprint density at radius 2 is 1.67 bits per heavy atom. The summed E-state index contributed by atoms with van der Waals surface area (Å²) in [5.74, 6) is 0.908. The highest BCUT2D eigenvalue weighted by molar-refractivity contribution is 7.79. The molecule has 1 heterocycles. The van der Waals surface area contributed by atoms with Crippen molar-refractivity contribution in [2.75, 3.05) is 32.9 Å². The second-order valence-corrected chi connectivity index (χ2v) is 7.29. The van der Waals surface area contributed by atoms with Gasteiger partial charge in [-0.05, 0) is 23.1 Å². The van der Waals surface area contributed by atoms with Gasteiger partial charge in [0, 0.05) is 24.4 Å². The lowest BCUT2D eigenvalue weighted by Gasteiger charge is -2.29. The molecule has 160 valence electrons. The van der Waals surface area contributed by atoms with E-state index in [2.05, 4.69) is 29.6 Å². The number of esters is 1. The van der Waals surface area contributed by atoms with Crippen LogP contribution in [0.4, 0.5) is 0 Å². The molecule has 2 aromatic carbocycles. The highest BCUT2D eigenvalue weighted by atomic mass is 32.1. The van der Waals surface area contributed by atoms with E-state index >= 15 is 0 Å². The van der Waals surface area contributed by atoms with E-state index in [1.807, 2.05) is 48.5 Å².